The van der Waals surface area contributed by atoms with Gasteiger partial charge in [0.05, 0.1) is 25.4 Å². The number of aliphatic hydroxyl groups is 1. The molecule has 2 unspecified atom stereocenters. The number of aromatic nitrogens is 2. The maximum absolute atomic E-state index is 10.3. The first-order chi connectivity index (χ1) is 11.0. The van der Waals surface area contributed by atoms with Gasteiger partial charge in [0.25, 0.3) is 0 Å². The molecule has 0 aliphatic heterocycles. The molecular weight excluding hydrogens is 290 g/mol. The molecule has 1 saturated carbocycles. The van der Waals surface area contributed by atoms with E-state index < -0.39 is 0 Å². The highest BCUT2D eigenvalue weighted by molar-refractivity contribution is 5.79. The Kier molecular flexibility index (Phi) is 6.45. The van der Waals surface area contributed by atoms with Gasteiger partial charge >= 0.3 is 0 Å². The van der Waals surface area contributed by atoms with Crippen molar-refractivity contribution in [1.82, 2.24) is 20.4 Å². The summed E-state index contributed by atoms with van der Waals surface area (Å²) in [5.74, 6) is 0.815. The van der Waals surface area contributed by atoms with Gasteiger partial charge in [-0.2, -0.15) is 5.10 Å². The summed E-state index contributed by atoms with van der Waals surface area (Å²) in [6.45, 7) is 9.31. The van der Waals surface area contributed by atoms with E-state index >= 15 is 0 Å². The largest absolute Gasteiger partial charge is 0.392 e. The van der Waals surface area contributed by atoms with Crippen LogP contribution < -0.4 is 10.6 Å². The minimum absolute atomic E-state index is 0.0975. The van der Waals surface area contributed by atoms with Crippen LogP contribution >= 0.6 is 0 Å². The van der Waals surface area contributed by atoms with Gasteiger partial charge in [0.2, 0.25) is 0 Å². The molecule has 6 heteroatoms. The van der Waals surface area contributed by atoms with Gasteiger partial charge < -0.3 is 15.7 Å². The zero-order valence-corrected chi connectivity index (χ0v) is 14.7. The van der Waals surface area contributed by atoms with Gasteiger partial charge in [0, 0.05) is 24.7 Å². The summed E-state index contributed by atoms with van der Waals surface area (Å²) in [5, 5.41) is 21.2. The molecule has 1 aromatic rings. The fourth-order valence-corrected chi connectivity index (χ4v) is 3.05. The van der Waals surface area contributed by atoms with Gasteiger partial charge in [-0.25, -0.2) is 0 Å². The molecular formula is C17H31N5O. The molecule has 6 nitrogen and oxygen atoms in total. The van der Waals surface area contributed by atoms with Crippen LogP contribution in [-0.4, -0.2) is 46.6 Å². The van der Waals surface area contributed by atoms with Crippen LogP contribution in [0.15, 0.2) is 17.4 Å². The monoisotopic (exact) mass is 321 g/mol. The van der Waals surface area contributed by atoms with E-state index in [9.17, 15) is 5.11 Å². The van der Waals surface area contributed by atoms with Crippen molar-refractivity contribution in [3.05, 3.63) is 18.0 Å². The van der Waals surface area contributed by atoms with Crippen molar-refractivity contribution in [2.75, 3.05) is 19.6 Å². The Morgan fingerprint density at radius 3 is 2.96 bits per heavy atom. The lowest BCUT2D eigenvalue weighted by molar-refractivity contribution is 0.00716. The lowest BCUT2D eigenvalue weighted by Crippen LogP contribution is -2.42. The molecule has 0 saturated heterocycles. The second kappa shape index (κ2) is 8.34. The van der Waals surface area contributed by atoms with E-state index in [1.165, 1.54) is 12.0 Å². The summed E-state index contributed by atoms with van der Waals surface area (Å²) >= 11 is 0. The van der Waals surface area contributed by atoms with Gasteiger partial charge in [-0.05, 0) is 32.3 Å². The molecule has 130 valence electrons. The predicted molar refractivity (Wildman–Crippen MR) is 93.5 cm³/mol. The summed E-state index contributed by atoms with van der Waals surface area (Å²) in [5.41, 5.74) is 1.07. The van der Waals surface area contributed by atoms with Crippen molar-refractivity contribution in [2.45, 2.75) is 59.1 Å². The standard InChI is InChI=1S/C17H31N5O/c1-4-18-16(19-9-10-22-12-14(2)11-21-22)20-13-17(3)8-6-5-7-15(17)23/h11-12,15,23H,4-10,13H2,1-3H3,(H2,18,19,20). The maximum Gasteiger partial charge on any atom is 0.191 e. The SMILES string of the molecule is CCNC(=NCC1(C)CCCCC1O)NCCn1cc(C)cn1. The normalized spacial score (nSPS) is 25.4. The van der Waals surface area contributed by atoms with Crippen molar-refractivity contribution >= 4 is 5.96 Å². The van der Waals surface area contributed by atoms with Crippen LogP contribution in [0.2, 0.25) is 0 Å². The predicted octanol–water partition coefficient (Wildman–Crippen LogP) is 1.69. The van der Waals surface area contributed by atoms with Crippen molar-refractivity contribution < 1.29 is 5.11 Å². The second-order valence-corrected chi connectivity index (χ2v) is 6.82. The van der Waals surface area contributed by atoms with Gasteiger partial charge in [-0.3, -0.25) is 9.67 Å². The van der Waals surface area contributed by atoms with E-state index in [-0.39, 0.29) is 11.5 Å². The minimum atomic E-state index is -0.241. The van der Waals surface area contributed by atoms with E-state index in [1.54, 1.807) is 0 Å². The van der Waals surface area contributed by atoms with E-state index in [0.717, 1.165) is 44.9 Å². The van der Waals surface area contributed by atoms with Gasteiger partial charge in [0.1, 0.15) is 0 Å². The van der Waals surface area contributed by atoms with Crippen LogP contribution in [-0.2, 0) is 6.54 Å². The fraction of sp³-hybridized carbons (Fsp3) is 0.765. The molecule has 3 N–H and O–H groups in total. The molecule has 1 heterocycles. The summed E-state index contributed by atoms with van der Waals surface area (Å²) in [6.07, 6.45) is 7.91. The number of nitrogens with one attached hydrogen (secondary N) is 2. The van der Waals surface area contributed by atoms with Gasteiger partial charge in [-0.15, -0.1) is 0 Å². The highest BCUT2D eigenvalue weighted by atomic mass is 16.3. The number of aliphatic hydroxyl groups excluding tert-OH is 1. The second-order valence-electron chi connectivity index (χ2n) is 6.82. The summed E-state index contributed by atoms with van der Waals surface area (Å²) in [4.78, 5) is 4.70. The molecule has 0 aromatic carbocycles. The van der Waals surface area contributed by atoms with Crippen molar-refractivity contribution in [3.8, 4) is 0 Å². The first-order valence-electron chi connectivity index (χ1n) is 8.73. The van der Waals surface area contributed by atoms with Gasteiger partial charge in [0.15, 0.2) is 5.96 Å². The zero-order valence-electron chi connectivity index (χ0n) is 14.7. The fourth-order valence-electron chi connectivity index (χ4n) is 3.05. The number of aliphatic imine (C=N–C) groups is 1. The Bertz CT molecular complexity index is 513. The molecule has 1 aliphatic rings. The average Bonchev–Trinajstić information content (AvgIpc) is 2.94. The number of rotatable bonds is 6. The summed E-state index contributed by atoms with van der Waals surface area (Å²) in [7, 11) is 0. The number of nitrogens with zero attached hydrogens (tertiary/aromatic N) is 3. The number of hydrogen-bond donors (Lipinski definition) is 3. The first kappa shape index (κ1) is 17.8. The molecule has 0 radical (unpaired) electrons. The van der Waals surface area contributed by atoms with E-state index in [0.29, 0.717) is 6.54 Å². The molecule has 1 aromatic heterocycles. The van der Waals surface area contributed by atoms with Crippen LogP contribution in [0.1, 0.15) is 45.1 Å². The van der Waals surface area contributed by atoms with Crippen LogP contribution in [0.5, 0.6) is 0 Å². The number of hydrogen-bond acceptors (Lipinski definition) is 3. The summed E-state index contributed by atoms with van der Waals surface area (Å²) < 4.78 is 1.93. The van der Waals surface area contributed by atoms with Crippen LogP contribution in [0, 0.1) is 12.3 Å². The third-order valence-corrected chi connectivity index (χ3v) is 4.62. The Balaban J connectivity index is 1.86. The third kappa shape index (κ3) is 5.23. The van der Waals surface area contributed by atoms with Crippen LogP contribution in [0.4, 0.5) is 0 Å². The lowest BCUT2D eigenvalue weighted by Gasteiger charge is -2.37. The first-order valence-corrected chi connectivity index (χ1v) is 8.73. The highest BCUT2D eigenvalue weighted by Gasteiger charge is 2.35. The number of aryl methyl sites for hydroxylation is 1. The van der Waals surface area contributed by atoms with E-state index in [4.69, 9.17) is 4.99 Å². The van der Waals surface area contributed by atoms with Crippen molar-refractivity contribution in [1.29, 1.82) is 0 Å². The highest BCUT2D eigenvalue weighted by Crippen LogP contribution is 2.36. The number of guanidine groups is 1. The smallest absolute Gasteiger partial charge is 0.191 e. The Labute approximate surface area is 139 Å². The quantitative estimate of drug-likeness (QED) is 0.550. The molecule has 2 rings (SSSR count). The topological polar surface area (TPSA) is 74.5 Å². The average molecular weight is 321 g/mol. The van der Waals surface area contributed by atoms with E-state index in [2.05, 4.69) is 29.6 Å². The van der Waals surface area contributed by atoms with Crippen LogP contribution in [0.25, 0.3) is 0 Å². The van der Waals surface area contributed by atoms with Gasteiger partial charge in [-0.1, -0.05) is 19.8 Å². The molecule has 0 bridgehead atoms. The Morgan fingerprint density at radius 1 is 1.48 bits per heavy atom. The molecule has 0 amide bonds. The summed E-state index contributed by atoms with van der Waals surface area (Å²) in [6, 6.07) is 0. The Hall–Kier alpha value is -1.56. The molecule has 23 heavy (non-hydrogen) atoms. The third-order valence-electron chi connectivity index (χ3n) is 4.62. The Morgan fingerprint density at radius 2 is 2.30 bits per heavy atom. The van der Waals surface area contributed by atoms with Crippen molar-refractivity contribution in [3.63, 3.8) is 0 Å². The minimum Gasteiger partial charge on any atom is -0.392 e. The van der Waals surface area contributed by atoms with Crippen LogP contribution in [0.3, 0.4) is 0 Å². The van der Waals surface area contributed by atoms with Crippen molar-refractivity contribution in [2.24, 2.45) is 10.4 Å². The lowest BCUT2D eigenvalue weighted by atomic mass is 9.73. The molecule has 0 spiro atoms. The molecule has 2 atom stereocenters. The maximum atomic E-state index is 10.3. The molecule has 1 fully saturated rings. The zero-order chi connectivity index (χ0) is 16.7. The van der Waals surface area contributed by atoms with E-state index in [1.807, 2.05) is 24.0 Å². The molecule has 1 aliphatic carbocycles.